The van der Waals surface area contributed by atoms with Crippen LogP contribution in [0.3, 0.4) is 0 Å². The van der Waals surface area contributed by atoms with Gasteiger partial charge in [0.05, 0.1) is 12.7 Å². The number of unbranched alkanes of at least 4 members (excludes halogenated alkanes) is 1. The van der Waals surface area contributed by atoms with Gasteiger partial charge in [0.15, 0.2) is 0 Å². The number of carbonyl (C=O) groups excluding carboxylic acids is 1. The van der Waals surface area contributed by atoms with Crippen LogP contribution in [-0.4, -0.2) is 50.5 Å². The quantitative estimate of drug-likeness (QED) is 0.546. The van der Waals surface area contributed by atoms with E-state index in [0.717, 1.165) is 0 Å². The number of amides is 1. The lowest BCUT2D eigenvalue weighted by Gasteiger charge is -2.14. The number of methoxy groups -OCH3 is 2. The second-order valence-electron chi connectivity index (χ2n) is 3.72. The van der Waals surface area contributed by atoms with Gasteiger partial charge in [0.2, 0.25) is 5.91 Å². The summed E-state index contributed by atoms with van der Waals surface area (Å²) in [7, 11) is 3.13. The highest BCUT2D eigenvalue weighted by Crippen LogP contribution is 1.99. The first-order chi connectivity index (χ1) is 8.10. The molecule has 0 saturated heterocycles. The van der Waals surface area contributed by atoms with E-state index in [1.54, 1.807) is 14.2 Å². The molecule has 0 bridgehead atoms. The monoisotopic (exact) mass is 247 g/mol. The number of rotatable bonds is 10. The Balaban J connectivity index is 3.54. The Bertz CT molecular complexity index is 232. The summed E-state index contributed by atoms with van der Waals surface area (Å²) in [6.07, 6.45) is 1.41. The second kappa shape index (κ2) is 10.0. The molecular formula is C11H21NO5. The van der Waals surface area contributed by atoms with Crippen LogP contribution in [-0.2, 0) is 19.1 Å². The lowest BCUT2D eigenvalue weighted by atomic mass is 10.2. The van der Waals surface area contributed by atoms with Crippen LogP contribution in [0.1, 0.15) is 25.7 Å². The third-order valence-corrected chi connectivity index (χ3v) is 2.26. The Morgan fingerprint density at radius 2 is 1.88 bits per heavy atom. The normalized spacial score (nSPS) is 12.1. The van der Waals surface area contributed by atoms with Crippen LogP contribution in [0.2, 0.25) is 0 Å². The Hall–Kier alpha value is -1.14. The van der Waals surface area contributed by atoms with Gasteiger partial charge >= 0.3 is 5.97 Å². The molecule has 2 N–H and O–H groups in total. The van der Waals surface area contributed by atoms with Crippen LogP contribution in [0.15, 0.2) is 0 Å². The van der Waals surface area contributed by atoms with E-state index < -0.39 is 5.97 Å². The number of nitrogens with one attached hydrogen (secondary N) is 1. The molecule has 0 aliphatic rings. The van der Waals surface area contributed by atoms with Gasteiger partial charge in [0.25, 0.3) is 0 Å². The molecule has 6 nitrogen and oxygen atoms in total. The summed E-state index contributed by atoms with van der Waals surface area (Å²) in [6.45, 7) is 0.831. The predicted molar refractivity (Wildman–Crippen MR) is 61.8 cm³/mol. The molecule has 0 aromatic rings. The van der Waals surface area contributed by atoms with Crippen molar-refractivity contribution >= 4 is 11.9 Å². The third-order valence-electron chi connectivity index (χ3n) is 2.26. The number of carboxylic acid groups (broad SMARTS) is 1. The Kier molecular flexibility index (Phi) is 9.37. The van der Waals surface area contributed by atoms with E-state index >= 15 is 0 Å². The molecule has 1 atom stereocenters. The average molecular weight is 247 g/mol. The number of ether oxygens (including phenoxy) is 2. The lowest BCUT2D eigenvalue weighted by Crippen LogP contribution is -2.35. The van der Waals surface area contributed by atoms with Gasteiger partial charge in [0.1, 0.15) is 0 Å². The van der Waals surface area contributed by atoms with Crippen LogP contribution in [0.25, 0.3) is 0 Å². The Morgan fingerprint density at radius 1 is 1.24 bits per heavy atom. The van der Waals surface area contributed by atoms with Crippen molar-refractivity contribution in [1.82, 2.24) is 5.32 Å². The molecule has 0 aliphatic carbocycles. The van der Waals surface area contributed by atoms with E-state index in [0.29, 0.717) is 32.4 Å². The second-order valence-corrected chi connectivity index (χ2v) is 3.72. The molecule has 17 heavy (non-hydrogen) atoms. The van der Waals surface area contributed by atoms with E-state index in [-0.39, 0.29) is 18.4 Å². The highest BCUT2D eigenvalue weighted by Gasteiger charge is 2.09. The minimum Gasteiger partial charge on any atom is -0.481 e. The molecule has 0 radical (unpaired) electrons. The van der Waals surface area contributed by atoms with Crippen LogP contribution in [0, 0.1) is 0 Å². The fourth-order valence-corrected chi connectivity index (χ4v) is 1.27. The van der Waals surface area contributed by atoms with Gasteiger partial charge in [-0.2, -0.15) is 0 Å². The third kappa shape index (κ3) is 9.77. The topological polar surface area (TPSA) is 84.9 Å². The van der Waals surface area contributed by atoms with Crippen molar-refractivity contribution in [3.05, 3.63) is 0 Å². The molecule has 0 aromatic heterocycles. The van der Waals surface area contributed by atoms with Gasteiger partial charge in [-0.25, -0.2) is 0 Å². The molecule has 0 saturated carbocycles. The summed E-state index contributed by atoms with van der Waals surface area (Å²) in [4.78, 5) is 21.6. The van der Waals surface area contributed by atoms with E-state index in [1.165, 1.54) is 0 Å². The predicted octanol–water partition coefficient (Wildman–Crippen LogP) is 0.409. The van der Waals surface area contributed by atoms with Crippen molar-refractivity contribution < 1.29 is 24.2 Å². The van der Waals surface area contributed by atoms with Gasteiger partial charge < -0.3 is 19.9 Å². The van der Waals surface area contributed by atoms with Gasteiger partial charge in [-0.3, -0.25) is 9.59 Å². The maximum atomic E-state index is 11.4. The van der Waals surface area contributed by atoms with E-state index in [1.807, 2.05) is 0 Å². The van der Waals surface area contributed by atoms with Crippen molar-refractivity contribution in [2.24, 2.45) is 0 Å². The molecule has 0 rings (SSSR count). The molecular weight excluding hydrogens is 226 g/mol. The first-order valence-electron chi connectivity index (χ1n) is 5.60. The number of carboxylic acids is 1. The number of aliphatic carboxylic acids is 1. The minimum atomic E-state index is -0.829. The molecule has 0 fully saturated rings. The SMILES string of the molecule is COCC(CNC(=O)CCCCC(=O)O)OC. The summed E-state index contributed by atoms with van der Waals surface area (Å²) in [5.41, 5.74) is 0. The Morgan fingerprint density at radius 3 is 2.41 bits per heavy atom. The summed E-state index contributed by atoms with van der Waals surface area (Å²) in [5, 5.41) is 11.1. The van der Waals surface area contributed by atoms with E-state index in [9.17, 15) is 9.59 Å². The lowest BCUT2D eigenvalue weighted by molar-refractivity contribution is -0.137. The summed E-state index contributed by atoms with van der Waals surface area (Å²) < 4.78 is 9.99. The van der Waals surface area contributed by atoms with Crippen LogP contribution < -0.4 is 5.32 Å². The highest BCUT2D eigenvalue weighted by atomic mass is 16.5. The van der Waals surface area contributed by atoms with E-state index in [2.05, 4.69) is 5.32 Å². The maximum absolute atomic E-state index is 11.4. The fourth-order valence-electron chi connectivity index (χ4n) is 1.27. The average Bonchev–Trinajstić information content (AvgIpc) is 2.29. The minimum absolute atomic E-state index is 0.0893. The van der Waals surface area contributed by atoms with E-state index in [4.69, 9.17) is 14.6 Å². The van der Waals surface area contributed by atoms with Gasteiger partial charge in [-0.1, -0.05) is 0 Å². The molecule has 100 valence electrons. The molecule has 0 spiro atoms. The van der Waals surface area contributed by atoms with Crippen molar-refractivity contribution in [2.75, 3.05) is 27.4 Å². The van der Waals surface area contributed by atoms with Crippen LogP contribution in [0.4, 0.5) is 0 Å². The molecule has 0 heterocycles. The zero-order valence-corrected chi connectivity index (χ0v) is 10.4. The number of hydrogen-bond acceptors (Lipinski definition) is 4. The molecule has 1 amide bonds. The number of carbonyl (C=O) groups is 2. The zero-order chi connectivity index (χ0) is 13.1. The highest BCUT2D eigenvalue weighted by molar-refractivity contribution is 5.75. The first kappa shape index (κ1) is 15.9. The van der Waals surface area contributed by atoms with Crippen molar-refractivity contribution in [3.8, 4) is 0 Å². The standard InChI is InChI=1S/C11H21NO5/c1-16-8-9(17-2)7-12-10(13)5-3-4-6-11(14)15/h9H,3-8H2,1-2H3,(H,12,13)(H,14,15). The fraction of sp³-hybridized carbons (Fsp3) is 0.818. The van der Waals surface area contributed by atoms with Crippen molar-refractivity contribution in [2.45, 2.75) is 31.8 Å². The van der Waals surface area contributed by atoms with Crippen molar-refractivity contribution in [3.63, 3.8) is 0 Å². The van der Waals surface area contributed by atoms with Gasteiger partial charge in [-0.05, 0) is 12.8 Å². The van der Waals surface area contributed by atoms with Crippen LogP contribution >= 0.6 is 0 Å². The Labute approximate surface area is 101 Å². The summed E-state index contributed by atoms with van der Waals surface area (Å²) >= 11 is 0. The largest absolute Gasteiger partial charge is 0.481 e. The molecule has 0 aliphatic heterocycles. The smallest absolute Gasteiger partial charge is 0.303 e. The van der Waals surface area contributed by atoms with Crippen molar-refractivity contribution in [1.29, 1.82) is 0 Å². The zero-order valence-electron chi connectivity index (χ0n) is 10.4. The summed E-state index contributed by atoms with van der Waals surface area (Å²) in [6, 6.07) is 0. The van der Waals surface area contributed by atoms with Gasteiger partial charge in [-0.15, -0.1) is 0 Å². The number of hydrogen-bond donors (Lipinski definition) is 2. The molecule has 0 aromatic carbocycles. The molecule has 1 unspecified atom stereocenters. The van der Waals surface area contributed by atoms with Gasteiger partial charge in [0, 0.05) is 33.6 Å². The molecule has 6 heteroatoms. The maximum Gasteiger partial charge on any atom is 0.303 e. The first-order valence-corrected chi connectivity index (χ1v) is 5.60. The summed E-state index contributed by atoms with van der Waals surface area (Å²) in [5.74, 6) is -0.918. The van der Waals surface area contributed by atoms with Crippen LogP contribution in [0.5, 0.6) is 0 Å².